The molecular weight excluding hydrogens is 328 g/mol. The lowest BCUT2D eigenvalue weighted by molar-refractivity contribution is -0.675. The van der Waals surface area contributed by atoms with Crippen molar-refractivity contribution in [1.29, 1.82) is 0 Å². The standard InChI is InChI=1S/C25H18N2/c1-2-8-17(9-3-1)23-16-18-10-4-5-11-19(18)25-24-21(14-15-27(23)25)20-12-6-7-13-22(20)26-24/h1-13,16H,14-15H2/p+1. The summed E-state index contributed by atoms with van der Waals surface area (Å²) in [6.07, 6.45) is 1.05. The summed E-state index contributed by atoms with van der Waals surface area (Å²) in [4.78, 5) is 3.72. The first-order valence-corrected chi connectivity index (χ1v) is 9.51. The zero-order chi connectivity index (χ0) is 17.8. The average Bonchev–Trinajstić information content (AvgIpc) is 3.12. The molecule has 6 rings (SSSR count). The lowest BCUT2D eigenvalue weighted by Gasteiger charge is -2.17. The van der Waals surface area contributed by atoms with Crippen LogP contribution in [-0.2, 0) is 13.0 Å². The van der Waals surface area contributed by atoms with Crippen molar-refractivity contribution in [3.8, 4) is 22.6 Å². The number of fused-ring (bicyclic) bond motifs is 7. The van der Waals surface area contributed by atoms with Gasteiger partial charge >= 0.3 is 0 Å². The molecule has 2 nitrogen and oxygen atoms in total. The molecule has 0 saturated carbocycles. The van der Waals surface area contributed by atoms with Gasteiger partial charge in [-0.3, -0.25) is 0 Å². The normalized spacial score (nSPS) is 12.9. The molecule has 0 unspecified atom stereocenters. The summed E-state index contributed by atoms with van der Waals surface area (Å²) in [6.45, 7) is 0.999. The number of aromatic amines is 1. The first-order chi connectivity index (χ1) is 13.4. The third-order valence-corrected chi connectivity index (χ3v) is 5.77. The van der Waals surface area contributed by atoms with Crippen LogP contribution in [-0.4, -0.2) is 4.98 Å². The summed E-state index contributed by atoms with van der Waals surface area (Å²) < 4.78 is 2.50. The fourth-order valence-electron chi connectivity index (χ4n) is 4.57. The lowest BCUT2D eigenvalue weighted by atomic mass is 9.95. The number of para-hydroxylation sites is 1. The highest BCUT2D eigenvalue weighted by Gasteiger charge is 2.31. The predicted octanol–water partition coefficient (Wildman–Crippen LogP) is 5.50. The Bertz CT molecular complexity index is 1310. The van der Waals surface area contributed by atoms with Crippen LogP contribution < -0.4 is 4.57 Å². The highest BCUT2D eigenvalue weighted by Crippen LogP contribution is 2.37. The quantitative estimate of drug-likeness (QED) is 0.386. The van der Waals surface area contributed by atoms with Crippen molar-refractivity contribution in [1.82, 2.24) is 4.98 Å². The molecule has 5 aromatic rings. The van der Waals surface area contributed by atoms with Crippen LogP contribution >= 0.6 is 0 Å². The molecule has 0 radical (unpaired) electrons. The zero-order valence-corrected chi connectivity index (χ0v) is 14.9. The summed E-state index contributed by atoms with van der Waals surface area (Å²) in [5, 5.41) is 3.95. The van der Waals surface area contributed by atoms with E-state index in [1.54, 1.807) is 0 Å². The van der Waals surface area contributed by atoms with E-state index in [2.05, 4.69) is 94.5 Å². The van der Waals surface area contributed by atoms with Gasteiger partial charge in [0.25, 0.3) is 0 Å². The highest BCUT2D eigenvalue weighted by atomic mass is 15.0. The van der Waals surface area contributed by atoms with Crippen LogP contribution in [0.4, 0.5) is 0 Å². The molecule has 0 aliphatic carbocycles. The van der Waals surface area contributed by atoms with E-state index >= 15 is 0 Å². The minimum Gasteiger partial charge on any atom is -0.349 e. The van der Waals surface area contributed by atoms with Crippen LogP contribution in [0, 0.1) is 0 Å². The van der Waals surface area contributed by atoms with Gasteiger partial charge in [0.1, 0.15) is 5.69 Å². The molecule has 1 aliphatic heterocycles. The maximum Gasteiger partial charge on any atom is 0.237 e. The highest BCUT2D eigenvalue weighted by molar-refractivity contribution is 5.99. The Balaban J connectivity index is 1.76. The van der Waals surface area contributed by atoms with E-state index in [9.17, 15) is 0 Å². The molecule has 2 aromatic heterocycles. The van der Waals surface area contributed by atoms with Crippen molar-refractivity contribution in [2.45, 2.75) is 13.0 Å². The third-order valence-electron chi connectivity index (χ3n) is 5.77. The van der Waals surface area contributed by atoms with E-state index in [1.807, 2.05) is 0 Å². The number of benzene rings is 3. The van der Waals surface area contributed by atoms with Gasteiger partial charge in [-0.1, -0.05) is 54.6 Å². The molecule has 3 aromatic carbocycles. The molecule has 0 fully saturated rings. The fraction of sp³-hybridized carbons (Fsp3) is 0.0800. The smallest absolute Gasteiger partial charge is 0.237 e. The van der Waals surface area contributed by atoms with Crippen molar-refractivity contribution < 1.29 is 4.57 Å². The van der Waals surface area contributed by atoms with Crippen LogP contribution in [0.2, 0.25) is 0 Å². The Labute approximate surface area is 157 Å². The van der Waals surface area contributed by atoms with Crippen molar-refractivity contribution in [3.63, 3.8) is 0 Å². The number of H-pyrrole nitrogens is 1. The molecule has 128 valence electrons. The van der Waals surface area contributed by atoms with Crippen LogP contribution in [0.25, 0.3) is 44.3 Å². The largest absolute Gasteiger partial charge is 0.349 e. The van der Waals surface area contributed by atoms with Gasteiger partial charge in [-0.2, -0.15) is 4.57 Å². The second kappa shape index (κ2) is 5.55. The van der Waals surface area contributed by atoms with Gasteiger partial charge < -0.3 is 4.98 Å². The second-order valence-electron chi connectivity index (χ2n) is 7.26. The number of aromatic nitrogens is 2. The first kappa shape index (κ1) is 14.7. The number of rotatable bonds is 1. The Kier molecular flexibility index (Phi) is 3.03. The molecular formula is C25H19N2+. The molecule has 0 bridgehead atoms. The number of hydrogen-bond donors (Lipinski definition) is 1. The van der Waals surface area contributed by atoms with E-state index in [4.69, 9.17) is 0 Å². The van der Waals surface area contributed by atoms with Crippen LogP contribution in [0.3, 0.4) is 0 Å². The molecule has 0 spiro atoms. The van der Waals surface area contributed by atoms with Crippen molar-refractivity contribution in [2.75, 3.05) is 0 Å². The minimum absolute atomic E-state index is 0.999. The Hall–Kier alpha value is -3.39. The van der Waals surface area contributed by atoms with E-state index in [-0.39, 0.29) is 0 Å². The number of hydrogen-bond acceptors (Lipinski definition) is 0. The number of nitrogens with one attached hydrogen (secondary N) is 1. The van der Waals surface area contributed by atoms with E-state index in [0.29, 0.717) is 0 Å². The summed E-state index contributed by atoms with van der Waals surface area (Å²) >= 11 is 0. The Morgan fingerprint density at radius 2 is 1.48 bits per heavy atom. The molecule has 1 N–H and O–H groups in total. The SMILES string of the molecule is c1ccc(-c2cc3ccccc3c3[n+]2CCc2c-3[nH]c3ccccc23)cc1. The van der Waals surface area contributed by atoms with Crippen molar-refractivity contribution in [3.05, 3.63) is 90.5 Å². The van der Waals surface area contributed by atoms with Gasteiger partial charge in [0.05, 0.1) is 5.39 Å². The van der Waals surface area contributed by atoms with Crippen molar-refractivity contribution in [2.24, 2.45) is 0 Å². The Morgan fingerprint density at radius 3 is 2.37 bits per heavy atom. The molecule has 27 heavy (non-hydrogen) atoms. The molecule has 3 heterocycles. The van der Waals surface area contributed by atoms with Gasteiger partial charge in [0, 0.05) is 29.0 Å². The van der Waals surface area contributed by atoms with Crippen molar-refractivity contribution >= 4 is 21.7 Å². The lowest BCUT2D eigenvalue weighted by Crippen LogP contribution is -2.42. The maximum absolute atomic E-state index is 3.72. The van der Waals surface area contributed by atoms with E-state index in [1.165, 1.54) is 49.9 Å². The summed E-state index contributed by atoms with van der Waals surface area (Å²) in [5.74, 6) is 0. The molecule has 2 heteroatoms. The van der Waals surface area contributed by atoms with Crippen LogP contribution in [0.1, 0.15) is 5.56 Å². The van der Waals surface area contributed by atoms with Crippen LogP contribution in [0.5, 0.6) is 0 Å². The van der Waals surface area contributed by atoms with E-state index in [0.717, 1.165) is 13.0 Å². The average molecular weight is 347 g/mol. The summed E-state index contributed by atoms with van der Waals surface area (Å²) in [6, 6.07) is 30.5. The minimum atomic E-state index is 0.999. The number of pyridine rings is 1. The molecule has 0 amide bonds. The summed E-state index contributed by atoms with van der Waals surface area (Å²) in [7, 11) is 0. The van der Waals surface area contributed by atoms with Gasteiger partial charge in [-0.25, -0.2) is 0 Å². The monoisotopic (exact) mass is 347 g/mol. The van der Waals surface area contributed by atoms with Gasteiger partial charge in [0.15, 0.2) is 6.54 Å². The second-order valence-corrected chi connectivity index (χ2v) is 7.26. The summed E-state index contributed by atoms with van der Waals surface area (Å²) in [5.41, 5.74) is 7.81. The van der Waals surface area contributed by atoms with Gasteiger partial charge in [-0.05, 0) is 35.2 Å². The predicted molar refractivity (Wildman–Crippen MR) is 111 cm³/mol. The number of nitrogens with zero attached hydrogens (tertiary/aromatic N) is 1. The maximum atomic E-state index is 3.72. The number of aryl methyl sites for hydroxylation is 1. The van der Waals surface area contributed by atoms with Gasteiger partial charge in [-0.15, -0.1) is 0 Å². The first-order valence-electron chi connectivity index (χ1n) is 9.51. The molecule has 0 atom stereocenters. The topological polar surface area (TPSA) is 19.7 Å². The van der Waals surface area contributed by atoms with Gasteiger partial charge in [0.2, 0.25) is 11.4 Å². The fourth-order valence-corrected chi connectivity index (χ4v) is 4.57. The molecule has 1 aliphatic rings. The Morgan fingerprint density at radius 1 is 0.741 bits per heavy atom. The molecule has 0 saturated heterocycles. The zero-order valence-electron chi connectivity index (χ0n) is 14.9. The van der Waals surface area contributed by atoms with Crippen LogP contribution in [0.15, 0.2) is 84.9 Å². The third kappa shape index (κ3) is 2.10. The van der Waals surface area contributed by atoms with E-state index < -0.39 is 0 Å².